The number of rotatable bonds is 4. The van der Waals surface area contributed by atoms with Crippen LogP contribution in [0.4, 0.5) is 0 Å². The minimum absolute atomic E-state index is 0.0852. The molecule has 0 radical (unpaired) electrons. The monoisotopic (exact) mass is 259 g/mol. The molecule has 0 spiro atoms. The van der Waals surface area contributed by atoms with Crippen molar-refractivity contribution in [1.29, 1.82) is 0 Å². The molecule has 0 saturated carbocycles. The SMILES string of the molecule is CS(=O)(=O)c1ccc(C(O)C(O)C(N)=O)cc1. The fraction of sp³-hybridized carbons (Fsp3) is 0.300. The average molecular weight is 259 g/mol. The maximum atomic E-state index is 11.2. The van der Waals surface area contributed by atoms with E-state index >= 15 is 0 Å². The zero-order chi connectivity index (χ0) is 13.2. The Morgan fingerprint density at radius 3 is 2.06 bits per heavy atom. The predicted octanol–water partition coefficient (Wildman–Crippen LogP) is -1.03. The molecule has 1 rings (SSSR count). The van der Waals surface area contributed by atoms with Crippen molar-refractivity contribution in [2.75, 3.05) is 6.26 Å². The van der Waals surface area contributed by atoms with E-state index in [0.29, 0.717) is 0 Å². The van der Waals surface area contributed by atoms with Gasteiger partial charge in [0.05, 0.1) is 4.90 Å². The van der Waals surface area contributed by atoms with Crippen LogP contribution in [-0.2, 0) is 14.6 Å². The lowest BCUT2D eigenvalue weighted by atomic mass is 10.0. The van der Waals surface area contributed by atoms with Gasteiger partial charge in [-0.1, -0.05) is 12.1 Å². The highest BCUT2D eigenvalue weighted by atomic mass is 32.2. The summed E-state index contributed by atoms with van der Waals surface area (Å²) in [6.45, 7) is 0. The van der Waals surface area contributed by atoms with Crippen molar-refractivity contribution >= 4 is 15.7 Å². The Bertz CT molecular complexity index is 508. The molecule has 0 aromatic heterocycles. The minimum atomic E-state index is -3.32. The summed E-state index contributed by atoms with van der Waals surface area (Å²) < 4.78 is 22.3. The van der Waals surface area contributed by atoms with Crippen molar-refractivity contribution in [3.63, 3.8) is 0 Å². The summed E-state index contributed by atoms with van der Waals surface area (Å²) in [6.07, 6.45) is -2.14. The van der Waals surface area contributed by atoms with Gasteiger partial charge in [0.1, 0.15) is 6.10 Å². The molecule has 17 heavy (non-hydrogen) atoms. The molecule has 0 bridgehead atoms. The molecule has 1 aromatic carbocycles. The smallest absolute Gasteiger partial charge is 0.249 e. The largest absolute Gasteiger partial charge is 0.385 e. The van der Waals surface area contributed by atoms with Gasteiger partial charge in [-0.15, -0.1) is 0 Å². The number of hydrogen-bond donors (Lipinski definition) is 3. The van der Waals surface area contributed by atoms with E-state index in [1.165, 1.54) is 24.3 Å². The first kappa shape index (κ1) is 13.6. The van der Waals surface area contributed by atoms with Crippen molar-refractivity contribution in [1.82, 2.24) is 0 Å². The number of hydrogen-bond acceptors (Lipinski definition) is 5. The second-order valence-corrected chi connectivity index (χ2v) is 5.65. The Morgan fingerprint density at radius 2 is 1.71 bits per heavy atom. The number of nitrogens with two attached hydrogens (primary N) is 1. The lowest BCUT2D eigenvalue weighted by Gasteiger charge is -2.15. The first-order chi connectivity index (χ1) is 7.73. The lowest BCUT2D eigenvalue weighted by molar-refractivity contribution is -0.131. The van der Waals surface area contributed by atoms with Crippen molar-refractivity contribution < 1.29 is 23.4 Å². The predicted molar refractivity (Wildman–Crippen MR) is 59.7 cm³/mol. The van der Waals surface area contributed by atoms with Gasteiger partial charge in [-0.3, -0.25) is 4.79 Å². The van der Waals surface area contributed by atoms with Crippen LogP contribution in [-0.4, -0.2) is 36.9 Å². The Kier molecular flexibility index (Phi) is 3.87. The second kappa shape index (κ2) is 4.82. The van der Waals surface area contributed by atoms with Crippen LogP contribution in [0.1, 0.15) is 11.7 Å². The average Bonchev–Trinajstić information content (AvgIpc) is 2.26. The molecule has 94 valence electrons. The number of aliphatic hydroxyl groups excluding tert-OH is 2. The summed E-state index contributed by atoms with van der Waals surface area (Å²) in [6, 6.07) is 5.18. The fourth-order valence-corrected chi connectivity index (χ4v) is 1.88. The van der Waals surface area contributed by atoms with Crippen LogP contribution in [0.3, 0.4) is 0 Å². The molecule has 2 unspecified atom stereocenters. The quantitative estimate of drug-likeness (QED) is 0.639. The van der Waals surface area contributed by atoms with Crippen molar-refractivity contribution in [2.45, 2.75) is 17.1 Å². The molecule has 0 heterocycles. The fourth-order valence-electron chi connectivity index (χ4n) is 1.25. The first-order valence-electron chi connectivity index (χ1n) is 4.69. The summed E-state index contributed by atoms with van der Waals surface area (Å²) in [4.78, 5) is 10.7. The minimum Gasteiger partial charge on any atom is -0.385 e. The normalized spacial score (nSPS) is 15.2. The Morgan fingerprint density at radius 1 is 1.24 bits per heavy atom. The van der Waals surface area contributed by atoms with Crippen molar-refractivity contribution in [3.05, 3.63) is 29.8 Å². The van der Waals surface area contributed by atoms with E-state index in [-0.39, 0.29) is 10.5 Å². The number of primary amides is 1. The summed E-state index contributed by atoms with van der Waals surface area (Å²) in [5, 5.41) is 18.8. The van der Waals surface area contributed by atoms with Gasteiger partial charge in [0, 0.05) is 6.26 Å². The highest BCUT2D eigenvalue weighted by Crippen LogP contribution is 2.19. The van der Waals surface area contributed by atoms with Gasteiger partial charge in [0.15, 0.2) is 15.9 Å². The lowest BCUT2D eigenvalue weighted by Crippen LogP contribution is -2.33. The van der Waals surface area contributed by atoms with E-state index in [4.69, 9.17) is 5.73 Å². The van der Waals surface area contributed by atoms with Crippen LogP contribution in [0.15, 0.2) is 29.2 Å². The maximum Gasteiger partial charge on any atom is 0.249 e. The van der Waals surface area contributed by atoms with Gasteiger partial charge in [-0.25, -0.2) is 8.42 Å². The summed E-state index contributed by atoms with van der Waals surface area (Å²) in [7, 11) is -3.32. The number of carbonyl (C=O) groups is 1. The van der Waals surface area contributed by atoms with E-state index in [1.807, 2.05) is 0 Å². The van der Waals surface area contributed by atoms with Gasteiger partial charge in [0.2, 0.25) is 5.91 Å². The van der Waals surface area contributed by atoms with E-state index in [0.717, 1.165) is 6.26 Å². The Hall–Kier alpha value is -1.44. The Balaban J connectivity index is 2.99. The zero-order valence-corrected chi connectivity index (χ0v) is 9.89. The number of carbonyl (C=O) groups excluding carboxylic acids is 1. The van der Waals surface area contributed by atoms with Crippen LogP contribution in [0.2, 0.25) is 0 Å². The molecule has 0 saturated heterocycles. The van der Waals surface area contributed by atoms with Gasteiger partial charge < -0.3 is 15.9 Å². The topological polar surface area (TPSA) is 118 Å². The van der Waals surface area contributed by atoms with Crippen molar-refractivity contribution in [3.8, 4) is 0 Å². The molecule has 0 aliphatic rings. The molecule has 1 amide bonds. The third kappa shape index (κ3) is 3.26. The molecule has 6 nitrogen and oxygen atoms in total. The standard InChI is InChI=1S/C10H13NO5S/c1-17(15,16)7-4-2-6(3-5-7)8(12)9(13)10(11)14/h2-5,8-9,12-13H,1H3,(H2,11,14). The van der Waals surface area contributed by atoms with Crippen LogP contribution in [0, 0.1) is 0 Å². The second-order valence-electron chi connectivity index (χ2n) is 3.63. The third-order valence-electron chi connectivity index (χ3n) is 2.24. The van der Waals surface area contributed by atoms with Gasteiger partial charge >= 0.3 is 0 Å². The summed E-state index contributed by atoms with van der Waals surface area (Å²) in [5.74, 6) is -1.05. The molecule has 1 aromatic rings. The van der Waals surface area contributed by atoms with E-state index < -0.39 is 28.0 Å². The highest BCUT2D eigenvalue weighted by molar-refractivity contribution is 7.90. The summed E-state index contributed by atoms with van der Waals surface area (Å²) in [5.41, 5.74) is 5.04. The van der Waals surface area contributed by atoms with E-state index in [1.54, 1.807) is 0 Å². The van der Waals surface area contributed by atoms with E-state index in [9.17, 15) is 23.4 Å². The van der Waals surface area contributed by atoms with Crippen LogP contribution < -0.4 is 5.73 Å². The molecular formula is C10H13NO5S. The van der Waals surface area contributed by atoms with E-state index in [2.05, 4.69) is 0 Å². The summed E-state index contributed by atoms with van der Waals surface area (Å²) >= 11 is 0. The molecule has 7 heteroatoms. The number of aliphatic hydroxyl groups is 2. The third-order valence-corrected chi connectivity index (χ3v) is 3.37. The molecular weight excluding hydrogens is 246 g/mol. The molecule has 0 fully saturated rings. The number of sulfone groups is 1. The van der Waals surface area contributed by atoms with Gasteiger partial charge in [0.25, 0.3) is 0 Å². The highest BCUT2D eigenvalue weighted by Gasteiger charge is 2.23. The van der Waals surface area contributed by atoms with Crippen LogP contribution >= 0.6 is 0 Å². The van der Waals surface area contributed by atoms with Crippen LogP contribution in [0.25, 0.3) is 0 Å². The molecule has 0 aliphatic carbocycles. The maximum absolute atomic E-state index is 11.2. The number of benzene rings is 1. The molecule has 0 aliphatic heterocycles. The number of amides is 1. The Labute approximate surface area is 98.6 Å². The van der Waals surface area contributed by atoms with Gasteiger partial charge in [-0.05, 0) is 17.7 Å². The van der Waals surface area contributed by atoms with Crippen LogP contribution in [0.5, 0.6) is 0 Å². The van der Waals surface area contributed by atoms with Crippen molar-refractivity contribution in [2.24, 2.45) is 5.73 Å². The molecule has 2 atom stereocenters. The first-order valence-corrected chi connectivity index (χ1v) is 6.58. The van der Waals surface area contributed by atoms with Gasteiger partial charge in [-0.2, -0.15) is 0 Å². The molecule has 4 N–H and O–H groups in total. The zero-order valence-electron chi connectivity index (χ0n) is 9.07.